The van der Waals surface area contributed by atoms with Crippen molar-refractivity contribution in [2.24, 2.45) is 5.92 Å². The number of carbonyl (C=O) groups excluding carboxylic acids is 1. The van der Waals surface area contributed by atoms with Crippen LogP contribution >= 0.6 is 0 Å². The molecule has 0 unspecified atom stereocenters. The molecule has 3 rings (SSSR count). The summed E-state index contributed by atoms with van der Waals surface area (Å²) in [5, 5.41) is 3.07. The first-order chi connectivity index (χ1) is 14.5. The van der Waals surface area contributed by atoms with Gasteiger partial charge in [0.25, 0.3) is 5.91 Å². The van der Waals surface area contributed by atoms with Crippen molar-refractivity contribution in [1.82, 2.24) is 4.90 Å². The second-order valence-corrected chi connectivity index (χ2v) is 9.19. The van der Waals surface area contributed by atoms with Crippen molar-refractivity contribution in [3.63, 3.8) is 0 Å². The lowest BCUT2D eigenvalue weighted by Crippen LogP contribution is -2.48. The van der Waals surface area contributed by atoms with Crippen molar-refractivity contribution in [1.29, 1.82) is 0 Å². The number of rotatable bonds is 9. The molecule has 2 fully saturated rings. The Morgan fingerprint density at radius 3 is 2.67 bits per heavy atom. The van der Waals surface area contributed by atoms with Crippen molar-refractivity contribution in [3.05, 3.63) is 24.3 Å². The van der Waals surface area contributed by atoms with Gasteiger partial charge in [-0.25, -0.2) is 0 Å². The maximum Gasteiger partial charge on any atom is 0.256 e. The smallest absolute Gasteiger partial charge is 0.256 e. The zero-order valence-electron chi connectivity index (χ0n) is 19.1. The van der Waals surface area contributed by atoms with E-state index in [0.29, 0.717) is 18.6 Å². The molecule has 30 heavy (non-hydrogen) atoms. The van der Waals surface area contributed by atoms with Crippen molar-refractivity contribution in [3.8, 4) is 5.75 Å². The zero-order chi connectivity index (χ0) is 21.4. The highest BCUT2D eigenvalue weighted by atomic mass is 16.5. The molecule has 0 spiro atoms. The van der Waals surface area contributed by atoms with Crippen molar-refractivity contribution in [2.45, 2.75) is 83.8 Å². The number of anilines is 1. The molecule has 1 aliphatic heterocycles. The number of amides is 1. The number of nitrogens with one attached hydrogen (secondary N) is 1. The number of likely N-dealkylation sites (tertiary alicyclic amines) is 1. The Bertz CT molecular complexity index is 659. The Kier molecular flexibility index (Phi) is 8.58. The highest BCUT2D eigenvalue weighted by Crippen LogP contribution is 2.36. The summed E-state index contributed by atoms with van der Waals surface area (Å²) in [7, 11) is 0. The molecule has 1 saturated carbocycles. The Balaban J connectivity index is 1.46. The Morgan fingerprint density at radius 2 is 1.97 bits per heavy atom. The molecule has 168 valence electrons. The fourth-order valence-electron chi connectivity index (χ4n) is 5.01. The predicted molar refractivity (Wildman–Crippen MR) is 122 cm³/mol. The van der Waals surface area contributed by atoms with E-state index in [2.05, 4.69) is 24.1 Å². The van der Waals surface area contributed by atoms with Gasteiger partial charge in [-0.15, -0.1) is 0 Å². The van der Waals surface area contributed by atoms with Gasteiger partial charge in [-0.2, -0.15) is 0 Å². The molecule has 1 aromatic carbocycles. The van der Waals surface area contributed by atoms with Crippen LogP contribution in [0.5, 0.6) is 5.75 Å². The van der Waals surface area contributed by atoms with Gasteiger partial charge in [-0.05, 0) is 89.1 Å². The number of carbonyl (C=O) groups is 1. The topological polar surface area (TPSA) is 50.8 Å². The van der Waals surface area contributed by atoms with Gasteiger partial charge >= 0.3 is 0 Å². The molecule has 1 aromatic rings. The van der Waals surface area contributed by atoms with Crippen LogP contribution < -0.4 is 10.1 Å². The molecule has 1 amide bonds. The second-order valence-electron chi connectivity index (χ2n) is 9.19. The number of piperidine rings is 1. The first kappa shape index (κ1) is 23.1. The molecule has 0 bridgehead atoms. The van der Waals surface area contributed by atoms with Crippen LogP contribution in [0.4, 0.5) is 5.69 Å². The van der Waals surface area contributed by atoms with Crippen LogP contribution in [-0.2, 0) is 9.53 Å². The number of ether oxygens (including phenoxy) is 2. The van der Waals surface area contributed by atoms with Gasteiger partial charge < -0.3 is 19.7 Å². The van der Waals surface area contributed by atoms with Crippen LogP contribution in [-0.4, -0.2) is 48.8 Å². The van der Waals surface area contributed by atoms with Gasteiger partial charge in [0.2, 0.25) is 0 Å². The summed E-state index contributed by atoms with van der Waals surface area (Å²) in [6.45, 7) is 10.1. The maximum absolute atomic E-state index is 13.0. The minimum absolute atomic E-state index is 0.0137. The van der Waals surface area contributed by atoms with Gasteiger partial charge in [0.05, 0.1) is 6.61 Å². The first-order valence-corrected chi connectivity index (χ1v) is 11.9. The third kappa shape index (κ3) is 6.21. The molecule has 3 atom stereocenters. The van der Waals surface area contributed by atoms with E-state index in [9.17, 15) is 4.79 Å². The average Bonchev–Trinajstić information content (AvgIpc) is 2.74. The molecule has 1 saturated heterocycles. The molecule has 0 aromatic heterocycles. The van der Waals surface area contributed by atoms with Crippen LogP contribution in [0.2, 0.25) is 0 Å². The monoisotopic (exact) mass is 416 g/mol. The molecular weight excluding hydrogens is 376 g/mol. The van der Waals surface area contributed by atoms with Crippen molar-refractivity contribution >= 4 is 11.6 Å². The van der Waals surface area contributed by atoms with Crippen molar-refractivity contribution < 1.29 is 14.3 Å². The van der Waals surface area contributed by atoms with Crippen LogP contribution in [0.15, 0.2) is 24.3 Å². The molecule has 5 heteroatoms. The Morgan fingerprint density at radius 1 is 1.17 bits per heavy atom. The SMILES string of the molecule is CCO[C@]1(C(=O)Nc2ccc(OCCCN3CCCC[C@H]3C)cc2)CCC[C@@H](C)C1. The summed E-state index contributed by atoms with van der Waals surface area (Å²) < 4.78 is 11.9. The minimum Gasteiger partial charge on any atom is -0.494 e. The van der Waals surface area contributed by atoms with E-state index < -0.39 is 5.60 Å². The lowest BCUT2D eigenvalue weighted by atomic mass is 9.78. The van der Waals surface area contributed by atoms with Crippen LogP contribution in [0.1, 0.15) is 72.1 Å². The largest absolute Gasteiger partial charge is 0.494 e. The predicted octanol–water partition coefficient (Wildman–Crippen LogP) is 5.25. The lowest BCUT2D eigenvalue weighted by Gasteiger charge is -2.38. The summed E-state index contributed by atoms with van der Waals surface area (Å²) in [5.41, 5.74) is 0.111. The van der Waals surface area contributed by atoms with Gasteiger partial charge in [-0.3, -0.25) is 4.79 Å². The Labute approximate surface area is 182 Å². The molecule has 0 radical (unpaired) electrons. The third-order valence-corrected chi connectivity index (χ3v) is 6.70. The van der Waals surface area contributed by atoms with E-state index in [1.807, 2.05) is 31.2 Å². The van der Waals surface area contributed by atoms with Crippen LogP contribution in [0.25, 0.3) is 0 Å². The second kappa shape index (κ2) is 11.1. The Hall–Kier alpha value is -1.59. The first-order valence-electron chi connectivity index (χ1n) is 11.9. The van der Waals surface area contributed by atoms with Crippen molar-refractivity contribution in [2.75, 3.05) is 31.6 Å². The quantitative estimate of drug-likeness (QED) is 0.558. The highest BCUT2D eigenvalue weighted by Gasteiger charge is 2.42. The molecular formula is C25H40N2O3. The summed E-state index contributed by atoms with van der Waals surface area (Å²) in [5.74, 6) is 1.35. The lowest BCUT2D eigenvalue weighted by molar-refractivity contribution is -0.147. The fourth-order valence-corrected chi connectivity index (χ4v) is 5.01. The van der Waals surface area contributed by atoms with Gasteiger partial charge in [0, 0.05) is 24.9 Å². The highest BCUT2D eigenvalue weighted by molar-refractivity contribution is 5.97. The van der Waals surface area contributed by atoms with E-state index >= 15 is 0 Å². The van der Waals surface area contributed by atoms with Gasteiger partial charge in [-0.1, -0.05) is 19.8 Å². The van der Waals surface area contributed by atoms with E-state index in [4.69, 9.17) is 9.47 Å². The number of benzene rings is 1. The molecule has 1 N–H and O–H groups in total. The normalized spacial score (nSPS) is 27.6. The summed E-state index contributed by atoms with van der Waals surface area (Å²) >= 11 is 0. The standard InChI is InChI=1S/C25H40N2O3/c1-4-30-25(15-7-9-20(2)19-25)24(28)26-22-11-13-23(14-12-22)29-18-8-17-27-16-6-5-10-21(27)3/h11-14,20-21H,4-10,15-19H2,1-3H3,(H,26,28)/t20-,21-,25-/m1/s1. The molecule has 5 nitrogen and oxygen atoms in total. The number of nitrogens with zero attached hydrogens (tertiary/aromatic N) is 1. The maximum atomic E-state index is 13.0. The number of hydrogen-bond acceptors (Lipinski definition) is 4. The van der Waals surface area contributed by atoms with Gasteiger partial charge in [0.15, 0.2) is 0 Å². The summed E-state index contributed by atoms with van der Waals surface area (Å²) in [6, 6.07) is 8.43. The minimum atomic E-state index is -0.687. The molecule has 2 aliphatic rings. The average molecular weight is 417 g/mol. The van der Waals surface area contributed by atoms with E-state index in [0.717, 1.165) is 50.3 Å². The fraction of sp³-hybridized carbons (Fsp3) is 0.720. The van der Waals surface area contributed by atoms with E-state index in [-0.39, 0.29) is 5.91 Å². The zero-order valence-corrected chi connectivity index (χ0v) is 19.1. The molecule has 1 aliphatic carbocycles. The van der Waals surface area contributed by atoms with E-state index in [1.54, 1.807) is 0 Å². The summed E-state index contributed by atoms with van der Waals surface area (Å²) in [4.78, 5) is 15.6. The van der Waals surface area contributed by atoms with Crippen LogP contribution in [0.3, 0.4) is 0 Å². The molecule has 1 heterocycles. The van der Waals surface area contributed by atoms with Gasteiger partial charge in [0.1, 0.15) is 11.4 Å². The van der Waals surface area contributed by atoms with E-state index in [1.165, 1.54) is 32.2 Å². The van der Waals surface area contributed by atoms with Crippen LogP contribution in [0, 0.1) is 5.92 Å². The third-order valence-electron chi connectivity index (χ3n) is 6.70. The summed E-state index contributed by atoms with van der Waals surface area (Å²) in [6.07, 6.45) is 8.85. The number of hydrogen-bond donors (Lipinski definition) is 1.